The van der Waals surface area contributed by atoms with Crippen molar-refractivity contribution in [3.05, 3.63) is 139 Å². The molecule has 0 heterocycles. The Morgan fingerprint density at radius 2 is 1.09 bits per heavy atom. The number of rotatable bonds is 7. The molecule has 4 rings (SSSR count). The van der Waals surface area contributed by atoms with Crippen molar-refractivity contribution >= 4 is 56.5 Å². The zero-order chi connectivity index (χ0) is 22.2. The van der Waals surface area contributed by atoms with Crippen LogP contribution in [0.4, 0.5) is 11.4 Å². The number of hydrogen-bond acceptors (Lipinski definition) is 2. The summed E-state index contributed by atoms with van der Waals surface area (Å²) in [5.74, 6) is 0. The van der Waals surface area contributed by atoms with Crippen LogP contribution >= 0.6 is 19.3 Å². The second-order valence-electron chi connectivity index (χ2n) is 7.08. The molecule has 156 valence electrons. The molecule has 0 saturated heterocycles. The fraction of sp³-hybridized carbons (Fsp3) is 0. The first kappa shape index (κ1) is 22.5. The van der Waals surface area contributed by atoms with Crippen molar-refractivity contribution in [3.63, 3.8) is 0 Å². The Hall–Kier alpha value is -2.69. The van der Waals surface area contributed by atoms with Crippen LogP contribution in [0.25, 0.3) is 5.70 Å². The molecule has 0 radical (unpaired) electrons. The summed E-state index contributed by atoms with van der Waals surface area (Å²) in [5, 5.41) is 0. The third-order valence-corrected chi connectivity index (χ3v) is 8.96. The summed E-state index contributed by atoms with van der Waals surface area (Å²) >= 11 is -2.86. The Morgan fingerprint density at radius 1 is 0.625 bits per heavy atom. The molecular weight excluding hydrogens is 493 g/mol. The fourth-order valence-corrected chi connectivity index (χ4v) is 7.41. The molecule has 0 N–H and O–H groups in total. The molecule has 0 spiro atoms. The molecule has 0 bridgehead atoms. The van der Waals surface area contributed by atoms with Gasteiger partial charge in [-0.25, -0.2) is 0 Å². The van der Waals surface area contributed by atoms with Gasteiger partial charge in [-0.1, -0.05) is 0 Å². The number of hydrogen-bond donors (Lipinski definition) is 0. The van der Waals surface area contributed by atoms with Gasteiger partial charge in [0.25, 0.3) is 0 Å². The quantitative estimate of drug-likeness (QED) is 0.182. The number of benzene rings is 4. The van der Waals surface area contributed by atoms with Gasteiger partial charge in [-0.15, -0.1) is 0 Å². The van der Waals surface area contributed by atoms with Gasteiger partial charge in [0, 0.05) is 0 Å². The SMILES string of the molecule is [Cl][Ga]([Cl])[N](/C(=C\C(=Nc1ccccc1)c1ccccc1)c1ccccc1)c1ccccc1. The number of halogens is 2. The van der Waals surface area contributed by atoms with E-state index in [1.54, 1.807) is 0 Å². The molecule has 0 aromatic heterocycles. The molecule has 0 fully saturated rings. The van der Waals surface area contributed by atoms with Gasteiger partial charge in [-0.05, 0) is 0 Å². The molecule has 4 aromatic carbocycles. The van der Waals surface area contributed by atoms with E-state index in [9.17, 15) is 0 Å². The maximum atomic E-state index is 6.71. The number of nitrogens with zero attached hydrogens (tertiary/aromatic N) is 2. The van der Waals surface area contributed by atoms with Crippen LogP contribution in [-0.4, -0.2) is 20.2 Å². The van der Waals surface area contributed by atoms with Crippen molar-refractivity contribution in [2.24, 2.45) is 4.99 Å². The van der Waals surface area contributed by atoms with E-state index < -0.39 is 14.5 Å². The van der Waals surface area contributed by atoms with Gasteiger partial charge in [0.15, 0.2) is 0 Å². The van der Waals surface area contributed by atoms with Crippen molar-refractivity contribution < 1.29 is 0 Å². The average Bonchev–Trinajstić information content (AvgIpc) is 2.85. The summed E-state index contributed by atoms with van der Waals surface area (Å²) in [6.45, 7) is 0. The maximum absolute atomic E-state index is 6.71. The molecule has 0 aliphatic rings. The van der Waals surface area contributed by atoms with Crippen LogP contribution < -0.4 is 3.61 Å². The van der Waals surface area contributed by atoms with Crippen molar-refractivity contribution in [3.8, 4) is 0 Å². The number of allylic oxidation sites excluding steroid dienone is 1. The first-order chi connectivity index (χ1) is 15.7. The van der Waals surface area contributed by atoms with Gasteiger partial charge >= 0.3 is 204 Å². The number of aliphatic imine (C=N–C) groups is 1. The Morgan fingerprint density at radius 3 is 1.62 bits per heavy atom. The minimum absolute atomic E-state index is 0.841. The molecule has 4 aromatic rings. The van der Waals surface area contributed by atoms with E-state index in [1.807, 2.05) is 97.1 Å². The fourth-order valence-electron chi connectivity index (χ4n) is 3.41. The Labute approximate surface area is 202 Å². The monoisotopic (exact) mass is 512 g/mol. The van der Waals surface area contributed by atoms with E-state index in [4.69, 9.17) is 24.3 Å². The summed E-state index contributed by atoms with van der Waals surface area (Å²) < 4.78 is 2.09. The predicted octanol–water partition coefficient (Wildman–Crippen LogP) is 7.82. The molecule has 32 heavy (non-hydrogen) atoms. The molecule has 0 amide bonds. The minimum atomic E-state index is -2.86. The molecule has 5 heteroatoms. The summed E-state index contributed by atoms with van der Waals surface area (Å²) in [7, 11) is 13.4. The third kappa shape index (κ3) is 5.75. The first-order valence-corrected chi connectivity index (χ1v) is 17.8. The van der Waals surface area contributed by atoms with Crippen molar-refractivity contribution in [2.75, 3.05) is 3.61 Å². The van der Waals surface area contributed by atoms with Crippen LogP contribution in [0, 0.1) is 0 Å². The van der Waals surface area contributed by atoms with Crippen molar-refractivity contribution in [1.29, 1.82) is 0 Å². The summed E-state index contributed by atoms with van der Waals surface area (Å²) in [4.78, 5) is 4.98. The molecule has 0 unspecified atom stereocenters. The van der Waals surface area contributed by atoms with E-state index in [2.05, 4.69) is 33.9 Å². The Bertz CT molecular complexity index is 1180. The van der Waals surface area contributed by atoms with Crippen LogP contribution in [-0.2, 0) is 0 Å². The predicted molar refractivity (Wildman–Crippen MR) is 140 cm³/mol. The van der Waals surface area contributed by atoms with Gasteiger partial charge in [0.2, 0.25) is 0 Å². The first-order valence-electron chi connectivity index (χ1n) is 10.3. The Kier molecular flexibility index (Phi) is 7.91. The van der Waals surface area contributed by atoms with Crippen LogP contribution in [0.3, 0.4) is 0 Å². The number of anilines is 1. The zero-order valence-corrected chi connectivity index (χ0v) is 21.3. The van der Waals surface area contributed by atoms with E-state index in [-0.39, 0.29) is 0 Å². The second-order valence-corrected chi connectivity index (χ2v) is 14.8. The van der Waals surface area contributed by atoms with E-state index in [0.29, 0.717) is 0 Å². The topological polar surface area (TPSA) is 15.6 Å². The van der Waals surface area contributed by atoms with Crippen LogP contribution in [0.1, 0.15) is 11.1 Å². The standard InChI is InChI=1S/C27H21N2.2ClH.Ga/c1-5-13-22(14-6-1)26(28-24-17-9-3-10-18-24)21-27(23-15-7-2-8-16-23)29-25-19-11-4-12-20-25;;;/h1-21H;2*1H;/q-1;;;+3/p-2/b26-21-,29-27?;;;. The molecule has 0 aliphatic heterocycles. The van der Waals surface area contributed by atoms with Crippen LogP contribution in [0.15, 0.2) is 132 Å². The second kappa shape index (κ2) is 11.3. The van der Waals surface area contributed by atoms with Crippen LogP contribution in [0.2, 0.25) is 0 Å². The average molecular weight is 514 g/mol. The van der Waals surface area contributed by atoms with Crippen molar-refractivity contribution in [1.82, 2.24) is 0 Å². The molecular formula is C27H21Cl2GaN2. The van der Waals surface area contributed by atoms with Gasteiger partial charge in [-0.2, -0.15) is 0 Å². The molecule has 0 atom stereocenters. The third-order valence-electron chi connectivity index (χ3n) is 4.91. The molecule has 0 aliphatic carbocycles. The van der Waals surface area contributed by atoms with E-state index >= 15 is 0 Å². The summed E-state index contributed by atoms with van der Waals surface area (Å²) in [6.07, 6.45) is 2.09. The van der Waals surface area contributed by atoms with E-state index in [0.717, 1.165) is 33.9 Å². The molecule has 2 nitrogen and oxygen atoms in total. The van der Waals surface area contributed by atoms with Gasteiger partial charge in [0.1, 0.15) is 0 Å². The molecule has 0 saturated carbocycles. The van der Waals surface area contributed by atoms with E-state index in [1.165, 1.54) is 0 Å². The van der Waals surface area contributed by atoms with Crippen LogP contribution in [0.5, 0.6) is 0 Å². The zero-order valence-electron chi connectivity index (χ0n) is 17.4. The van der Waals surface area contributed by atoms with Gasteiger partial charge < -0.3 is 0 Å². The normalized spacial score (nSPS) is 11.8. The van der Waals surface area contributed by atoms with Gasteiger partial charge in [0.05, 0.1) is 0 Å². The summed E-state index contributed by atoms with van der Waals surface area (Å²) in [5.41, 5.74) is 5.69. The number of para-hydroxylation sites is 2. The van der Waals surface area contributed by atoms with Crippen molar-refractivity contribution in [2.45, 2.75) is 0 Å². The summed E-state index contributed by atoms with van der Waals surface area (Å²) in [6, 6.07) is 40.4. The Balaban J connectivity index is 1.93. The van der Waals surface area contributed by atoms with Gasteiger partial charge in [-0.3, -0.25) is 0 Å².